The first-order valence-corrected chi connectivity index (χ1v) is 7.31. The molecule has 2 unspecified atom stereocenters. The maximum Gasteiger partial charge on any atom is 0.229 e. The van der Waals surface area contributed by atoms with E-state index in [2.05, 4.69) is 15.3 Å². The monoisotopic (exact) mass is 273 g/mol. The Balaban J connectivity index is 2.67. The molecule has 0 amide bonds. The molecular formula is C11H19N3O3S. The Morgan fingerprint density at radius 2 is 1.89 bits per heavy atom. The number of hydrogen-bond donors (Lipinski definition) is 1. The van der Waals surface area contributed by atoms with E-state index in [0.29, 0.717) is 23.5 Å². The van der Waals surface area contributed by atoms with Crippen LogP contribution in [-0.2, 0) is 10.8 Å². The second-order valence-electron chi connectivity index (χ2n) is 3.89. The molecule has 0 bridgehead atoms. The van der Waals surface area contributed by atoms with Crippen molar-refractivity contribution in [1.29, 1.82) is 0 Å². The third-order valence-electron chi connectivity index (χ3n) is 2.31. The number of nitrogens with one attached hydrogen (secondary N) is 1. The Bertz CT molecular complexity index is 392. The highest BCUT2D eigenvalue weighted by atomic mass is 32.2. The number of anilines is 1. The Morgan fingerprint density at radius 1 is 1.33 bits per heavy atom. The van der Waals surface area contributed by atoms with Crippen LogP contribution in [0.5, 0.6) is 11.8 Å². The zero-order valence-electron chi connectivity index (χ0n) is 11.1. The van der Waals surface area contributed by atoms with Gasteiger partial charge in [-0.2, -0.15) is 9.97 Å². The van der Waals surface area contributed by atoms with Crippen LogP contribution in [-0.4, -0.2) is 46.4 Å². The van der Waals surface area contributed by atoms with Crippen LogP contribution in [0.25, 0.3) is 0 Å². The van der Waals surface area contributed by atoms with Gasteiger partial charge < -0.3 is 14.8 Å². The quantitative estimate of drug-likeness (QED) is 0.801. The largest absolute Gasteiger partial charge is 0.481 e. The van der Waals surface area contributed by atoms with Gasteiger partial charge in [0.1, 0.15) is 0 Å². The Morgan fingerprint density at radius 3 is 2.33 bits per heavy atom. The molecule has 0 aliphatic heterocycles. The minimum Gasteiger partial charge on any atom is -0.481 e. The van der Waals surface area contributed by atoms with Gasteiger partial charge in [0.15, 0.2) is 0 Å². The highest BCUT2D eigenvalue weighted by Crippen LogP contribution is 2.18. The summed E-state index contributed by atoms with van der Waals surface area (Å²) in [6.07, 6.45) is 2.48. The molecule has 0 spiro atoms. The van der Waals surface area contributed by atoms with Crippen LogP contribution in [0.3, 0.4) is 0 Å². The lowest BCUT2D eigenvalue weighted by Gasteiger charge is -2.14. The molecule has 0 aliphatic rings. The molecule has 0 saturated heterocycles. The van der Waals surface area contributed by atoms with Crippen LogP contribution in [0.15, 0.2) is 6.07 Å². The van der Waals surface area contributed by atoms with E-state index in [9.17, 15) is 4.21 Å². The zero-order chi connectivity index (χ0) is 13.5. The lowest BCUT2D eigenvalue weighted by atomic mass is 10.3. The number of rotatable bonds is 7. The van der Waals surface area contributed by atoms with Crippen molar-refractivity contribution in [1.82, 2.24) is 9.97 Å². The second-order valence-corrected chi connectivity index (χ2v) is 5.44. The fourth-order valence-corrected chi connectivity index (χ4v) is 2.00. The number of hydrogen-bond acceptors (Lipinski definition) is 6. The summed E-state index contributed by atoms with van der Waals surface area (Å²) in [4.78, 5) is 8.33. The number of methoxy groups -OCH3 is 2. The molecule has 0 saturated carbocycles. The van der Waals surface area contributed by atoms with Gasteiger partial charge >= 0.3 is 0 Å². The van der Waals surface area contributed by atoms with Crippen molar-refractivity contribution in [3.05, 3.63) is 6.07 Å². The van der Waals surface area contributed by atoms with Crippen LogP contribution in [0, 0.1) is 0 Å². The fraction of sp³-hybridized carbons (Fsp3) is 0.636. The Hall–Kier alpha value is -1.37. The minimum atomic E-state index is -0.786. The smallest absolute Gasteiger partial charge is 0.229 e. The van der Waals surface area contributed by atoms with Gasteiger partial charge in [0.25, 0.3) is 0 Å². The SMILES string of the molecule is COc1cc(OC)nc(NC(C)CCS(C)=O)n1. The van der Waals surface area contributed by atoms with Gasteiger partial charge in [-0.15, -0.1) is 0 Å². The summed E-state index contributed by atoms with van der Waals surface area (Å²) in [7, 11) is 2.29. The van der Waals surface area contributed by atoms with E-state index in [1.54, 1.807) is 12.3 Å². The normalized spacial score (nSPS) is 13.8. The zero-order valence-corrected chi connectivity index (χ0v) is 11.9. The third-order valence-corrected chi connectivity index (χ3v) is 3.12. The van der Waals surface area contributed by atoms with Gasteiger partial charge in [-0.3, -0.25) is 4.21 Å². The van der Waals surface area contributed by atoms with Gasteiger partial charge in [-0.1, -0.05) is 0 Å². The minimum absolute atomic E-state index is 0.130. The molecule has 6 nitrogen and oxygen atoms in total. The van der Waals surface area contributed by atoms with Crippen molar-refractivity contribution in [2.24, 2.45) is 0 Å². The van der Waals surface area contributed by atoms with Crippen LogP contribution >= 0.6 is 0 Å². The molecule has 7 heteroatoms. The van der Waals surface area contributed by atoms with E-state index in [4.69, 9.17) is 9.47 Å². The highest BCUT2D eigenvalue weighted by Gasteiger charge is 2.09. The number of nitrogens with zero attached hydrogens (tertiary/aromatic N) is 2. The van der Waals surface area contributed by atoms with Gasteiger partial charge in [0.05, 0.1) is 20.3 Å². The van der Waals surface area contributed by atoms with Crippen molar-refractivity contribution in [3.8, 4) is 11.8 Å². The molecule has 1 N–H and O–H groups in total. The van der Waals surface area contributed by atoms with Crippen molar-refractivity contribution < 1.29 is 13.7 Å². The van der Waals surface area contributed by atoms with Crippen molar-refractivity contribution >= 4 is 16.7 Å². The van der Waals surface area contributed by atoms with Crippen LogP contribution in [0.2, 0.25) is 0 Å². The summed E-state index contributed by atoms with van der Waals surface area (Å²) in [6.45, 7) is 1.99. The summed E-state index contributed by atoms with van der Waals surface area (Å²) in [5.41, 5.74) is 0. The van der Waals surface area contributed by atoms with Gasteiger partial charge in [-0.05, 0) is 13.3 Å². The predicted molar refractivity (Wildman–Crippen MR) is 71.8 cm³/mol. The van der Waals surface area contributed by atoms with Crippen molar-refractivity contribution in [3.63, 3.8) is 0 Å². The molecule has 0 fully saturated rings. The first-order chi connectivity index (χ1) is 8.55. The van der Waals surface area contributed by atoms with Crippen molar-refractivity contribution in [2.75, 3.05) is 31.5 Å². The molecule has 1 aromatic heterocycles. The molecule has 1 rings (SSSR count). The predicted octanol–water partition coefficient (Wildman–Crippen LogP) is 1.06. The molecule has 0 aromatic carbocycles. The lowest BCUT2D eigenvalue weighted by Crippen LogP contribution is -2.19. The molecule has 1 heterocycles. The molecule has 18 heavy (non-hydrogen) atoms. The van der Waals surface area contributed by atoms with Gasteiger partial charge in [0.2, 0.25) is 17.7 Å². The molecule has 0 aliphatic carbocycles. The Kier molecular flexibility index (Phi) is 5.84. The first-order valence-electron chi connectivity index (χ1n) is 5.58. The fourth-order valence-electron chi connectivity index (χ4n) is 1.31. The summed E-state index contributed by atoms with van der Waals surface area (Å²) < 4.78 is 21.1. The van der Waals surface area contributed by atoms with Crippen LogP contribution in [0.4, 0.5) is 5.95 Å². The van der Waals surface area contributed by atoms with E-state index in [1.807, 2.05) is 6.92 Å². The van der Waals surface area contributed by atoms with Gasteiger partial charge in [-0.25, -0.2) is 0 Å². The number of aromatic nitrogens is 2. The molecule has 1 aromatic rings. The van der Waals surface area contributed by atoms with Crippen LogP contribution in [0.1, 0.15) is 13.3 Å². The summed E-state index contributed by atoms with van der Waals surface area (Å²) in [5, 5.41) is 3.13. The van der Waals surface area contributed by atoms with E-state index in [1.165, 1.54) is 14.2 Å². The van der Waals surface area contributed by atoms with E-state index in [0.717, 1.165) is 6.42 Å². The molecule has 2 atom stereocenters. The van der Waals surface area contributed by atoms with Crippen molar-refractivity contribution in [2.45, 2.75) is 19.4 Å². The maximum absolute atomic E-state index is 11.0. The van der Waals surface area contributed by atoms with E-state index in [-0.39, 0.29) is 6.04 Å². The summed E-state index contributed by atoms with van der Waals surface area (Å²) in [5.74, 6) is 1.97. The lowest BCUT2D eigenvalue weighted by molar-refractivity contribution is 0.372. The van der Waals surface area contributed by atoms with E-state index >= 15 is 0 Å². The average molecular weight is 273 g/mol. The first kappa shape index (κ1) is 14.7. The second kappa shape index (κ2) is 7.15. The number of ether oxygens (including phenoxy) is 2. The van der Waals surface area contributed by atoms with Crippen LogP contribution < -0.4 is 14.8 Å². The Labute approximate surface area is 110 Å². The highest BCUT2D eigenvalue weighted by molar-refractivity contribution is 7.84. The third kappa shape index (κ3) is 4.87. The summed E-state index contributed by atoms with van der Waals surface area (Å²) in [6, 6.07) is 1.74. The average Bonchev–Trinajstić information content (AvgIpc) is 2.35. The molecule has 0 radical (unpaired) electrons. The maximum atomic E-state index is 11.0. The topological polar surface area (TPSA) is 73.3 Å². The molecule has 102 valence electrons. The standard InChI is InChI=1S/C11H19N3O3S/c1-8(5-6-18(4)15)12-11-13-9(16-2)7-10(14-11)17-3/h7-8H,5-6H2,1-4H3,(H,12,13,14). The van der Waals surface area contributed by atoms with E-state index < -0.39 is 10.8 Å². The molecular weight excluding hydrogens is 254 g/mol. The van der Waals surface area contributed by atoms with Gasteiger partial charge in [0, 0.05) is 28.9 Å². The summed E-state index contributed by atoms with van der Waals surface area (Å²) >= 11 is 0.